The number of piperazine rings is 1. The molecule has 3 aliphatic rings. The number of allylic oxidation sites excluding steroid dienone is 3. The summed E-state index contributed by atoms with van der Waals surface area (Å²) >= 11 is 0. The van der Waals surface area contributed by atoms with Crippen molar-refractivity contribution in [3.63, 3.8) is 0 Å². The first-order valence-electron chi connectivity index (χ1n) is 13.2. The van der Waals surface area contributed by atoms with Crippen molar-refractivity contribution < 1.29 is 27.5 Å². The van der Waals surface area contributed by atoms with E-state index in [1.165, 1.54) is 10.0 Å². The Bertz CT molecular complexity index is 1120. The molecule has 0 spiro atoms. The summed E-state index contributed by atoms with van der Waals surface area (Å²) in [5.41, 5.74) is 3.16. The van der Waals surface area contributed by atoms with E-state index in [4.69, 9.17) is 16.4 Å². The van der Waals surface area contributed by atoms with Gasteiger partial charge < -0.3 is 9.64 Å². The number of hydrogen-bond acceptors (Lipinski definition) is 8. The number of halogens is 3. The van der Waals surface area contributed by atoms with E-state index in [-0.39, 0.29) is 37.5 Å². The van der Waals surface area contributed by atoms with Crippen molar-refractivity contribution >= 4 is 11.9 Å². The minimum Gasteiger partial charge on any atom is -0.459 e. The minimum absolute atomic E-state index is 0.00417. The average molecular weight is 551 g/mol. The Morgan fingerprint density at radius 3 is 2.67 bits per heavy atom. The highest BCUT2D eigenvalue weighted by Crippen LogP contribution is 2.30. The molecule has 1 amide bonds. The summed E-state index contributed by atoms with van der Waals surface area (Å²) in [6.07, 6.45) is 2.41. The van der Waals surface area contributed by atoms with Crippen molar-refractivity contribution in [2.45, 2.75) is 50.9 Å². The third kappa shape index (κ3) is 7.38. The highest BCUT2D eigenvalue weighted by Gasteiger charge is 2.48. The number of cyclic esters (lactones) is 1. The first kappa shape index (κ1) is 29.1. The maximum Gasteiger partial charge on any atom is 0.410 e. The molecule has 4 N–H and O–H groups in total. The average Bonchev–Trinajstić information content (AvgIpc) is 2.86. The van der Waals surface area contributed by atoms with Crippen LogP contribution < -0.4 is 11.7 Å². The van der Waals surface area contributed by atoms with Crippen LogP contribution in [0.5, 0.6) is 0 Å². The van der Waals surface area contributed by atoms with Crippen LogP contribution in [0.1, 0.15) is 41.3 Å². The summed E-state index contributed by atoms with van der Waals surface area (Å²) in [4.78, 5) is 27.8. The number of ether oxygens (including phenoxy) is 1. The second-order valence-corrected chi connectivity index (χ2v) is 10.7. The molecule has 9 nitrogen and oxygen atoms in total. The monoisotopic (exact) mass is 550 g/mol. The largest absolute Gasteiger partial charge is 0.459 e. The number of nitrogens with zero attached hydrogens (tertiary/aromatic N) is 4. The lowest BCUT2D eigenvalue weighted by molar-refractivity contribution is -0.201. The Hall–Kier alpha value is -2.93. The molecule has 3 atom stereocenters. The smallest absolute Gasteiger partial charge is 0.410 e. The fourth-order valence-corrected chi connectivity index (χ4v) is 5.36. The van der Waals surface area contributed by atoms with E-state index in [0.29, 0.717) is 44.6 Å². The predicted octanol–water partition coefficient (Wildman–Crippen LogP) is 2.19. The highest BCUT2D eigenvalue weighted by atomic mass is 19.4. The summed E-state index contributed by atoms with van der Waals surface area (Å²) in [5, 5.41) is 2.89. The van der Waals surface area contributed by atoms with E-state index in [1.807, 2.05) is 31.2 Å². The van der Waals surface area contributed by atoms with Gasteiger partial charge in [0, 0.05) is 51.8 Å². The van der Waals surface area contributed by atoms with Gasteiger partial charge >= 0.3 is 12.1 Å². The second-order valence-electron chi connectivity index (χ2n) is 10.7. The van der Waals surface area contributed by atoms with Crippen LogP contribution in [0.2, 0.25) is 0 Å². The van der Waals surface area contributed by atoms with Crippen molar-refractivity contribution in [3.05, 3.63) is 58.8 Å². The van der Waals surface area contributed by atoms with Crippen molar-refractivity contribution in [2.75, 3.05) is 39.9 Å². The van der Waals surface area contributed by atoms with Crippen LogP contribution in [-0.4, -0.2) is 89.9 Å². The van der Waals surface area contributed by atoms with Crippen LogP contribution in [0.25, 0.3) is 0 Å². The number of hydrogen-bond donors (Lipinski definition) is 2. The van der Waals surface area contributed by atoms with Gasteiger partial charge in [0.25, 0.3) is 0 Å². The maximum atomic E-state index is 14.1. The Kier molecular flexibility index (Phi) is 9.00. The topological polar surface area (TPSA) is 108 Å². The maximum absolute atomic E-state index is 14.1. The van der Waals surface area contributed by atoms with Gasteiger partial charge in [-0.25, -0.2) is 15.6 Å². The van der Waals surface area contributed by atoms with E-state index in [1.54, 1.807) is 24.1 Å². The van der Waals surface area contributed by atoms with Gasteiger partial charge in [0.2, 0.25) is 5.91 Å². The third-order valence-electron chi connectivity index (χ3n) is 7.40. The molecular weight excluding hydrogens is 513 g/mol. The number of fused-ring (bicyclic) bond motifs is 1. The SMILES string of the molecule is CC1Cc2cc(CCN3CCN(C(=O)CC4C=CC(N(N)CN(C)N)=CC4)C(C(F)(F)F)C3)ccc2C(=O)O1. The molecular formula is C27H37F3N6O3. The van der Waals surface area contributed by atoms with Gasteiger partial charge in [0.15, 0.2) is 0 Å². The zero-order valence-electron chi connectivity index (χ0n) is 22.4. The van der Waals surface area contributed by atoms with Gasteiger partial charge in [0.05, 0.1) is 12.2 Å². The van der Waals surface area contributed by atoms with E-state index in [2.05, 4.69) is 0 Å². The number of nitrogens with two attached hydrogens (primary N) is 2. The number of carbonyl (C=O) groups is 2. The Labute approximate surface area is 226 Å². The third-order valence-corrected chi connectivity index (χ3v) is 7.40. The van der Waals surface area contributed by atoms with Crippen molar-refractivity contribution in [3.8, 4) is 0 Å². The zero-order chi connectivity index (χ0) is 28.3. The molecule has 0 aromatic heterocycles. The van der Waals surface area contributed by atoms with Gasteiger partial charge in [-0.1, -0.05) is 24.3 Å². The Balaban J connectivity index is 1.32. The Morgan fingerprint density at radius 1 is 1.23 bits per heavy atom. The molecule has 12 heteroatoms. The number of hydrazine groups is 2. The number of alkyl halides is 3. The molecule has 214 valence electrons. The van der Waals surface area contributed by atoms with Gasteiger partial charge in [-0.05, 0) is 49.0 Å². The quantitative estimate of drug-likeness (QED) is 0.220. The van der Waals surface area contributed by atoms with Crippen molar-refractivity contribution in [2.24, 2.45) is 17.6 Å². The molecule has 2 heterocycles. The number of esters is 1. The number of amides is 1. The molecule has 39 heavy (non-hydrogen) atoms. The first-order chi connectivity index (χ1) is 18.4. The van der Waals surface area contributed by atoms with Crippen LogP contribution in [0.4, 0.5) is 13.2 Å². The summed E-state index contributed by atoms with van der Waals surface area (Å²) in [7, 11) is 1.68. The number of benzene rings is 1. The van der Waals surface area contributed by atoms with Crippen molar-refractivity contribution in [1.82, 2.24) is 19.8 Å². The lowest BCUT2D eigenvalue weighted by Crippen LogP contribution is -2.61. The molecule has 1 fully saturated rings. The molecule has 3 unspecified atom stereocenters. The van der Waals surface area contributed by atoms with Crippen LogP contribution >= 0.6 is 0 Å². The Morgan fingerprint density at radius 2 is 2.00 bits per heavy atom. The van der Waals surface area contributed by atoms with Crippen LogP contribution in [0, 0.1) is 5.92 Å². The second kappa shape index (κ2) is 12.1. The molecule has 1 aromatic carbocycles. The zero-order valence-corrected chi connectivity index (χ0v) is 22.4. The molecule has 0 bridgehead atoms. The summed E-state index contributed by atoms with van der Waals surface area (Å²) in [6, 6.07) is 3.65. The normalized spacial score (nSPS) is 23.9. The lowest BCUT2D eigenvalue weighted by atomic mass is 9.94. The lowest BCUT2D eigenvalue weighted by Gasteiger charge is -2.42. The van der Waals surface area contributed by atoms with Gasteiger partial charge in [-0.15, -0.1) is 0 Å². The number of rotatable bonds is 8. The number of carbonyl (C=O) groups excluding carboxylic acids is 2. The molecule has 1 saturated heterocycles. The first-order valence-corrected chi connectivity index (χ1v) is 13.2. The molecule has 1 aromatic rings. The summed E-state index contributed by atoms with van der Waals surface area (Å²) < 4.78 is 47.4. The fraction of sp³-hybridized carbons (Fsp3) is 0.556. The molecule has 0 radical (unpaired) electrons. The van der Waals surface area contributed by atoms with Crippen LogP contribution in [-0.2, 0) is 22.4 Å². The van der Waals surface area contributed by atoms with Crippen LogP contribution in [0.15, 0.2) is 42.1 Å². The van der Waals surface area contributed by atoms with Gasteiger partial charge in [0.1, 0.15) is 12.1 Å². The van der Waals surface area contributed by atoms with Gasteiger partial charge in [-0.2, -0.15) is 13.2 Å². The van der Waals surface area contributed by atoms with Gasteiger partial charge in [-0.3, -0.25) is 20.5 Å². The van der Waals surface area contributed by atoms with E-state index in [0.717, 1.165) is 21.7 Å². The fourth-order valence-electron chi connectivity index (χ4n) is 5.36. The van der Waals surface area contributed by atoms with E-state index < -0.39 is 18.1 Å². The molecule has 4 rings (SSSR count). The standard InChI is InChI=1S/C27H37F3N6O3/c1-18-13-21-14-20(5-8-23(21)26(38)39-18)9-10-34-11-12-35(24(16-34)27(28,29)30)25(37)15-19-3-6-22(7-4-19)36(32)17-33(2)31/h3,5-8,14,18-19,24H,4,9-13,15-17,31-32H2,1-2H3. The van der Waals surface area contributed by atoms with Crippen molar-refractivity contribution in [1.29, 1.82) is 0 Å². The minimum atomic E-state index is -4.53. The van der Waals surface area contributed by atoms with E-state index >= 15 is 0 Å². The summed E-state index contributed by atoms with van der Waals surface area (Å²) in [5.74, 6) is 10.5. The predicted molar refractivity (Wildman–Crippen MR) is 140 cm³/mol. The molecule has 0 saturated carbocycles. The molecule has 2 aliphatic heterocycles. The van der Waals surface area contributed by atoms with Crippen LogP contribution in [0.3, 0.4) is 0 Å². The van der Waals surface area contributed by atoms with E-state index in [9.17, 15) is 22.8 Å². The highest BCUT2D eigenvalue weighted by molar-refractivity contribution is 5.92. The molecule has 1 aliphatic carbocycles. The summed E-state index contributed by atoms with van der Waals surface area (Å²) in [6.45, 7) is 2.69.